The number of hydrogen-bond acceptors (Lipinski definition) is 3. The third-order valence-electron chi connectivity index (χ3n) is 0. The van der Waals surface area contributed by atoms with Crippen LogP contribution in [-0.2, 0) is 56.4 Å². The van der Waals surface area contributed by atoms with Crippen molar-refractivity contribution in [2.24, 2.45) is 0 Å². The molecule has 19 heavy (non-hydrogen) atoms. The second-order valence-electron chi connectivity index (χ2n) is 3.34. The second kappa shape index (κ2) is 75.7. The van der Waals surface area contributed by atoms with Gasteiger partial charge in [-0.15, -0.1) is 0 Å². The van der Waals surface area contributed by atoms with E-state index in [9.17, 15) is 0 Å². The van der Waals surface area contributed by atoms with Gasteiger partial charge in [0.25, 0.3) is 0 Å². The maximum absolute atomic E-state index is 8.25. The van der Waals surface area contributed by atoms with Crippen LogP contribution in [0.3, 0.4) is 0 Å². The van der Waals surface area contributed by atoms with Gasteiger partial charge in [0.15, 0.2) is 0 Å². The molecule has 0 aromatic rings. The SMILES string of the molecule is CC(C)O.CC(C)O.C[CH-]C.C[CH-]C.[O-2].[O-2].[O]=[Ti+2].[Ti+4]. The Morgan fingerprint density at radius 2 is 0.737 bits per heavy atom. The molecule has 0 bridgehead atoms. The van der Waals surface area contributed by atoms with E-state index in [0.29, 0.717) is 0 Å². The molecule has 0 spiro atoms. The molecule has 2 N–H and O–H groups in total. The van der Waals surface area contributed by atoms with Gasteiger partial charge in [-0.2, -0.15) is 27.7 Å². The second-order valence-corrected chi connectivity index (χ2v) is 3.34. The molecule has 0 atom stereocenters. The Morgan fingerprint density at radius 1 is 0.737 bits per heavy atom. The van der Waals surface area contributed by atoms with Crippen LogP contribution >= 0.6 is 0 Å². The van der Waals surface area contributed by atoms with Crippen LogP contribution in [0.2, 0.25) is 0 Å². The van der Waals surface area contributed by atoms with Gasteiger partial charge in [-0.1, -0.05) is 0 Å². The molecule has 5 nitrogen and oxygen atoms in total. The predicted molar refractivity (Wildman–Crippen MR) is 68.1 cm³/mol. The van der Waals surface area contributed by atoms with Gasteiger partial charge in [0, 0.05) is 12.2 Å². The molecular weight excluding hydrogens is 320 g/mol. The van der Waals surface area contributed by atoms with Crippen molar-refractivity contribution < 1.29 is 66.6 Å². The molecule has 7 heteroatoms. The van der Waals surface area contributed by atoms with Crippen LogP contribution in [-0.4, -0.2) is 22.4 Å². The monoisotopic (exact) mass is 350 g/mol. The number of aliphatic hydroxyl groups is 2. The Kier molecular flexibility index (Phi) is 200. The van der Waals surface area contributed by atoms with Gasteiger partial charge >= 0.3 is 45.4 Å². The molecule has 0 amide bonds. The molecule has 116 valence electrons. The van der Waals surface area contributed by atoms with Crippen molar-refractivity contribution in [3.8, 4) is 0 Å². The number of hydrogen-bond donors (Lipinski definition) is 2. The molecule has 0 unspecified atom stereocenters. The van der Waals surface area contributed by atoms with Crippen molar-refractivity contribution in [2.45, 2.75) is 67.6 Å². The number of rotatable bonds is 0. The Balaban J connectivity index is -0.0000000130. The molecule has 0 saturated carbocycles. The summed E-state index contributed by atoms with van der Waals surface area (Å²) in [5.41, 5.74) is 0. The van der Waals surface area contributed by atoms with E-state index < -0.39 is 0 Å². The first-order chi connectivity index (χ1) is 7.29. The Hall–Kier alpha value is 1.07. The normalized spacial score (nSPS) is 6.00. The molecular formula is C12H30O5Ti2. The standard InChI is InChI=1S/2C3H8O.2C3H7.3O.2Ti/c2*1-3(2)4;2*1-3-2;;;;;/h2*3-4H,1-2H3;2*3H,1-2H3;;;;;/q;;2*-1;;2*-2;+2;+4. The van der Waals surface area contributed by atoms with Gasteiger partial charge in [-0.25, -0.2) is 0 Å². The average Bonchev–Trinajstić information content (AvgIpc) is 2.07. The summed E-state index contributed by atoms with van der Waals surface area (Å²) < 4.78 is 8.25. The number of aliphatic hydroxyl groups excluding tert-OH is 2. The van der Waals surface area contributed by atoms with Crippen molar-refractivity contribution in [3.63, 3.8) is 0 Å². The molecule has 0 radical (unpaired) electrons. The van der Waals surface area contributed by atoms with E-state index in [-0.39, 0.29) is 44.9 Å². The van der Waals surface area contributed by atoms with Crippen molar-refractivity contribution in [1.29, 1.82) is 0 Å². The van der Waals surface area contributed by atoms with Gasteiger partial charge in [-0.3, -0.25) is 0 Å². The van der Waals surface area contributed by atoms with Gasteiger partial charge in [0.05, 0.1) is 0 Å². The summed E-state index contributed by atoms with van der Waals surface area (Å²) in [6.45, 7) is 14.9. The maximum Gasteiger partial charge on any atom is 4.00 e. The smallest absolute Gasteiger partial charge is 4.00 e. The van der Waals surface area contributed by atoms with Crippen LogP contribution in [0.4, 0.5) is 0 Å². The molecule has 0 rings (SSSR count). The fourth-order valence-electron chi connectivity index (χ4n) is 0. The first-order valence-electron chi connectivity index (χ1n) is 5.34. The van der Waals surface area contributed by atoms with Crippen molar-refractivity contribution in [2.75, 3.05) is 0 Å². The first kappa shape index (κ1) is 50.1. The van der Waals surface area contributed by atoms with E-state index in [1.54, 1.807) is 27.7 Å². The maximum atomic E-state index is 8.25. The third-order valence-corrected chi connectivity index (χ3v) is 0. The van der Waals surface area contributed by atoms with Crippen LogP contribution < -0.4 is 0 Å². The predicted octanol–water partition coefficient (Wildman–Crippen LogP) is 2.87. The largest absolute Gasteiger partial charge is 4.00 e. The van der Waals surface area contributed by atoms with Crippen molar-refractivity contribution in [1.82, 2.24) is 0 Å². The quantitative estimate of drug-likeness (QED) is 0.517. The summed E-state index contributed by atoms with van der Waals surface area (Å²) in [5.74, 6) is 0. The first-order valence-corrected chi connectivity index (χ1v) is 5.98. The summed E-state index contributed by atoms with van der Waals surface area (Å²) in [7, 11) is 0. The average molecular weight is 350 g/mol. The molecule has 0 aromatic carbocycles. The van der Waals surface area contributed by atoms with Crippen molar-refractivity contribution in [3.05, 3.63) is 12.8 Å². The van der Waals surface area contributed by atoms with Crippen LogP contribution in [0.15, 0.2) is 0 Å². The fourth-order valence-corrected chi connectivity index (χ4v) is 0. The molecule has 0 aliphatic heterocycles. The Bertz CT molecular complexity index is 63.6. The van der Waals surface area contributed by atoms with Gasteiger partial charge < -0.3 is 34.0 Å². The Morgan fingerprint density at radius 3 is 0.737 bits per heavy atom. The van der Waals surface area contributed by atoms with Crippen molar-refractivity contribution >= 4 is 0 Å². The molecule has 0 aliphatic carbocycles. The van der Waals surface area contributed by atoms with Crippen LogP contribution in [0.25, 0.3) is 0 Å². The van der Waals surface area contributed by atoms with E-state index in [2.05, 4.69) is 0 Å². The van der Waals surface area contributed by atoms with E-state index in [0.717, 1.165) is 20.4 Å². The summed E-state index contributed by atoms with van der Waals surface area (Å²) in [5, 5.41) is 16.1. The van der Waals surface area contributed by atoms with Gasteiger partial charge in [-0.05, 0) is 27.7 Å². The van der Waals surface area contributed by atoms with E-state index >= 15 is 0 Å². The zero-order valence-corrected chi connectivity index (χ0v) is 16.6. The van der Waals surface area contributed by atoms with Crippen LogP contribution in [0.1, 0.15) is 55.4 Å². The fraction of sp³-hybridized carbons (Fsp3) is 0.833. The molecule has 0 aromatic heterocycles. The van der Waals surface area contributed by atoms with Gasteiger partial charge in [0.2, 0.25) is 0 Å². The van der Waals surface area contributed by atoms with Crippen LogP contribution in [0.5, 0.6) is 0 Å². The molecule has 0 aliphatic rings. The summed E-state index contributed by atoms with van der Waals surface area (Å²) in [4.78, 5) is 0. The van der Waals surface area contributed by atoms with Gasteiger partial charge in [0.1, 0.15) is 0 Å². The van der Waals surface area contributed by atoms with Crippen LogP contribution in [0, 0.1) is 12.8 Å². The summed E-state index contributed by atoms with van der Waals surface area (Å²) in [6, 6.07) is 0. The minimum atomic E-state index is -0.167. The van der Waals surface area contributed by atoms with E-state index in [4.69, 9.17) is 13.5 Å². The molecule has 0 saturated heterocycles. The summed E-state index contributed by atoms with van der Waals surface area (Å²) >= 11 is 0.750. The Labute approximate surface area is 146 Å². The summed E-state index contributed by atoms with van der Waals surface area (Å²) in [6.07, 6.45) is 3.67. The topological polar surface area (TPSA) is 115 Å². The minimum absolute atomic E-state index is 0. The minimum Gasteiger partial charge on any atom is 4.00 e. The molecule has 0 heterocycles. The zero-order chi connectivity index (χ0) is 14.6. The molecule has 0 fully saturated rings. The van der Waals surface area contributed by atoms with E-state index in [1.165, 1.54) is 0 Å². The zero-order valence-electron chi connectivity index (χ0n) is 13.4. The third kappa shape index (κ3) is 4870. The van der Waals surface area contributed by atoms with E-state index in [1.807, 2.05) is 40.5 Å².